The summed E-state index contributed by atoms with van der Waals surface area (Å²) in [7, 11) is 0. The first-order valence-electron chi connectivity index (χ1n) is 10.9. The number of alkyl halides is 3. The topological polar surface area (TPSA) is 89.0 Å². The summed E-state index contributed by atoms with van der Waals surface area (Å²) in [5.74, 6) is -1.76. The average Bonchev–Trinajstić information content (AvgIpc) is 3.39. The van der Waals surface area contributed by atoms with Gasteiger partial charge in [0.15, 0.2) is 0 Å². The number of carboxylic acid groups (broad SMARTS) is 1. The van der Waals surface area contributed by atoms with Gasteiger partial charge in [0.1, 0.15) is 0 Å². The lowest BCUT2D eigenvalue weighted by Crippen LogP contribution is -2.31. The third-order valence-corrected chi connectivity index (χ3v) is 5.92. The second-order valence-electron chi connectivity index (χ2n) is 8.37. The van der Waals surface area contributed by atoms with E-state index in [2.05, 4.69) is 4.98 Å². The molecule has 1 N–H and O–H groups in total. The first kappa shape index (κ1) is 25.6. The van der Waals surface area contributed by atoms with Gasteiger partial charge >= 0.3 is 12.1 Å². The number of amides is 1. The number of carboxylic acids is 1. The van der Waals surface area contributed by atoms with Crippen LogP contribution >= 0.6 is 0 Å². The largest absolute Gasteiger partial charge is 0.490 e. The van der Waals surface area contributed by atoms with Gasteiger partial charge in [-0.25, -0.2) is 4.79 Å². The maximum absolute atomic E-state index is 12.8. The van der Waals surface area contributed by atoms with Gasteiger partial charge in [0, 0.05) is 43.6 Å². The Morgan fingerprint density at radius 2 is 1.79 bits per heavy atom. The van der Waals surface area contributed by atoms with Gasteiger partial charge in [0.25, 0.3) is 5.91 Å². The van der Waals surface area contributed by atoms with Gasteiger partial charge in [0.05, 0.1) is 19.3 Å². The lowest BCUT2D eigenvalue weighted by molar-refractivity contribution is -0.192. The first-order chi connectivity index (χ1) is 16.1. The number of aryl methyl sites for hydroxylation is 1. The second-order valence-corrected chi connectivity index (χ2v) is 8.37. The van der Waals surface area contributed by atoms with Crippen LogP contribution in [0.4, 0.5) is 13.2 Å². The summed E-state index contributed by atoms with van der Waals surface area (Å²) >= 11 is 0. The molecule has 0 aliphatic carbocycles. The molecule has 0 saturated carbocycles. The van der Waals surface area contributed by atoms with Crippen LogP contribution < -0.4 is 0 Å². The van der Waals surface area contributed by atoms with Crippen molar-refractivity contribution in [1.29, 1.82) is 0 Å². The Hall–Kier alpha value is -2.98. The summed E-state index contributed by atoms with van der Waals surface area (Å²) in [6, 6.07) is 11.8. The number of hydrogen-bond donors (Lipinski definition) is 1. The van der Waals surface area contributed by atoms with Crippen LogP contribution in [0, 0.1) is 18.8 Å². The molecule has 7 nitrogen and oxygen atoms in total. The summed E-state index contributed by atoms with van der Waals surface area (Å²) in [5, 5.41) is 7.12. The van der Waals surface area contributed by atoms with Gasteiger partial charge < -0.3 is 19.5 Å². The van der Waals surface area contributed by atoms with Crippen LogP contribution in [0.15, 0.2) is 48.8 Å². The fourth-order valence-electron chi connectivity index (χ4n) is 4.04. The number of carbonyl (C=O) groups is 2. The van der Waals surface area contributed by atoms with Crippen molar-refractivity contribution in [3.05, 3.63) is 65.5 Å². The van der Waals surface area contributed by atoms with Crippen LogP contribution in [-0.4, -0.2) is 65.5 Å². The predicted octanol–water partition coefficient (Wildman–Crippen LogP) is 3.72. The van der Waals surface area contributed by atoms with Crippen molar-refractivity contribution >= 4 is 11.9 Å². The molecule has 2 fully saturated rings. The number of fused-ring (bicyclic) bond motifs is 1. The predicted molar refractivity (Wildman–Crippen MR) is 116 cm³/mol. The third-order valence-electron chi connectivity index (χ3n) is 5.92. The number of nitrogens with zero attached hydrogens (tertiary/aromatic N) is 2. The van der Waals surface area contributed by atoms with Gasteiger partial charge in [-0.3, -0.25) is 9.78 Å². The number of hydrogen-bond acceptors (Lipinski definition) is 5. The summed E-state index contributed by atoms with van der Waals surface area (Å²) < 4.78 is 43.5. The molecule has 0 spiro atoms. The number of ether oxygens (including phenoxy) is 2. The molecule has 1 aromatic heterocycles. The molecule has 0 unspecified atom stereocenters. The number of carbonyl (C=O) groups excluding carboxylic acids is 1. The molecule has 3 heterocycles. The van der Waals surface area contributed by atoms with E-state index in [0.29, 0.717) is 31.6 Å². The smallest absolute Gasteiger partial charge is 0.475 e. The van der Waals surface area contributed by atoms with Gasteiger partial charge in [-0.15, -0.1) is 0 Å². The van der Waals surface area contributed by atoms with Crippen LogP contribution in [-0.2, 0) is 20.9 Å². The zero-order chi connectivity index (χ0) is 24.7. The van der Waals surface area contributed by atoms with Crippen molar-refractivity contribution in [2.24, 2.45) is 11.8 Å². The molecule has 4 rings (SSSR count). The van der Waals surface area contributed by atoms with E-state index < -0.39 is 12.1 Å². The maximum atomic E-state index is 12.8. The standard InChI is InChI=1S/C22H26N2O3.C2HF3O2/c1-16-2-4-18(5-3-16)22(25)24-12-20-19(15-27-21(20)13-24)8-11-26-14-17-6-9-23-10-7-17;3-2(4,5)1(6)7/h2-7,9-10,19-21H,8,11-15H2,1H3;(H,6,7)/t19-,20-,21-;/m0./s1. The van der Waals surface area contributed by atoms with Crippen molar-refractivity contribution in [2.75, 3.05) is 26.3 Å². The molecule has 184 valence electrons. The van der Waals surface area contributed by atoms with Gasteiger partial charge in [0.2, 0.25) is 0 Å². The van der Waals surface area contributed by atoms with Gasteiger partial charge in [-0.1, -0.05) is 17.7 Å². The molecule has 10 heteroatoms. The summed E-state index contributed by atoms with van der Waals surface area (Å²) in [6.07, 6.45) is -0.373. The number of likely N-dealkylation sites (tertiary alicyclic amines) is 1. The van der Waals surface area contributed by atoms with Crippen molar-refractivity contribution in [3.8, 4) is 0 Å². The third kappa shape index (κ3) is 7.01. The molecule has 0 radical (unpaired) electrons. The van der Waals surface area contributed by atoms with Crippen LogP contribution in [0.2, 0.25) is 0 Å². The molecule has 1 amide bonds. The van der Waals surface area contributed by atoms with Crippen LogP contribution in [0.1, 0.15) is 27.9 Å². The minimum absolute atomic E-state index is 0.112. The van der Waals surface area contributed by atoms with Gasteiger partial charge in [-0.05, 0) is 49.1 Å². The Morgan fingerprint density at radius 3 is 2.41 bits per heavy atom. The Balaban J connectivity index is 0.000000406. The minimum atomic E-state index is -5.08. The normalized spacial score (nSPS) is 21.5. The highest BCUT2D eigenvalue weighted by Crippen LogP contribution is 2.36. The average molecular weight is 480 g/mol. The highest BCUT2D eigenvalue weighted by atomic mass is 19.4. The SMILES string of the molecule is Cc1ccc(C(=O)N2C[C@H]3[C@@H](CCOCc4ccncc4)CO[C@H]3C2)cc1.O=C(O)C(F)(F)F. The number of halogens is 3. The number of rotatable bonds is 6. The van der Waals surface area contributed by atoms with Crippen LogP contribution in [0.25, 0.3) is 0 Å². The fraction of sp³-hybridized carbons (Fsp3) is 0.458. The monoisotopic (exact) mass is 480 g/mol. The molecule has 0 bridgehead atoms. The fourth-order valence-corrected chi connectivity index (χ4v) is 4.04. The van der Waals surface area contributed by atoms with Crippen molar-refractivity contribution in [3.63, 3.8) is 0 Å². The van der Waals surface area contributed by atoms with Crippen LogP contribution in [0.3, 0.4) is 0 Å². The summed E-state index contributed by atoms with van der Waals surface area (Å²) in [6.45, 7) is 5.62. The lowest BCUT2D eigenvalue weighted by atomic mass is 9.91. The Kier molecular flexibility index (Phi) is 8.62. The van der Waals surface area contributed by atoms with Crippen molar-refractivity contribution in [2.45, 2.75) is 32.2 Å². The van der Waals surface area contributed by atoms with Crippen molar-refractivity contribution < 1.29 is 37.3 Å². The molecule has 2 aromatic rings. The number of aromatic nitrogens is 1. The second kappa shape index (κ2) is 11.4. The molecule has 2 aliphatic heterocycles. The first-order valence-corrected chi connectivity index (χ1v) is 10.9. The minimum Gasteiger partial charge on any atom is -0.475 e. The summed E-state index contributed by atoms with van der Waals surface area (Å²) in [5.41, 5.74) is 3.07. The number of benzene rings is 1. The molecule has 2 saturated heterocycles. The zero-order valence-corrected chi connectivity index (χ0v) is 18.7. The number of pyridine rings is 1. The highest BCUT2D eigenvalue weighted by molar-refractivity contribution is 5.94. The zero-order valence-electron chi connectivity index (χ0n) is 18.7. The Labute approximate surface area is 195 Å². The Bertz CT molecular complexity index is 953. The van der Waals surface area contributed by atoms with Crippen LogP contribution in [0.5, 0.6) is 0 Å². The van der Waals surface area contributed by atoms with E-state index in [1.165, 1.54) is 5.56 Å². The summed E-state index contributed by atoms with van der Waals surface area (Å²) in [4.78, 5) is 27.6. The molecular weight excluding hydrogens is 453 g/mol. The van der Waals surface area contributed by atoms with E-state index in [-0.39, 0.29) is 12.0 Å². The Morgan fingerprint density at radius 1 is 1.15 bits per heavy atom. The molecule has 2 aliphatic rings. The maximum Gasteiger partial charge on any atom is 0.490 e. The quantitative estimate of drug-likeness (QED) is 0.634. The van der Waals surface area contributed by atoms with E-state index in [0.717, 1.165) is 30.7 Å². The van der Waals surface area contributed by atoms with E-state index in [1.54, 1.807) is 12.4 Å². The van der Waals surface area contributed by atoms with E-state index in [1.807, 2.05) is 48.2 Å². The highest BCUT2D eigenvalue weighted by Gasteiger charge is 2.45. The molecular formula is C24H27F3N2O5. The molecule has 34 heavy (non-hydrogen) atoms. The van der Waals surface area contributed by atoms with Gasteiger partial charge in [-0.2, -0.15) is 13.2 Å². The number of aliphatic carboxylic acids is 1. The molecule has 3 atom stereocenters. The van der Waals surface area contributed by atoms with Crippen molar-refractivity contribution in [1.82, 2.24) is 9.88 Å². The molecule has 1 aromatic carbocycles. The lowest BCUT2D eigenvalue weighted by Gasteiger charge is -2.20. The van der Waals surface area contributed by atoms with E-state index in [4.69, 9.17) is 19.4 Å². The van der Waals surface area contributed by atoms with E-state index >= 15 is 0 Å². The van der Waals surface area contributed by atoms with E-state index in [9.17, 15) is 18.0 Å².